The average molecular weight is 267 g/mol. The third-order valence-electron chi connectivity index (χ3n) is 4.85. The first-order valence-electron chi connectivity index (χ1n) is 7.62. The zero-order valence-corrected chi connectivity index (χ0v) is 12.0. The van der Waals surface area contributed by atoms with Gasteiger partial charge in [0, 0.05) is 24.7 Å². The van der Waals surface area contributed by atoms with Gasteiger partial charge < -0.3 is 15.5 Å². The molecule has 0 aromatic rings. The molecule has 3 nitrogen and oxygen atoms in total. The highest BCUT2D eigenvalue weighted by Crippen LogP contribution is 2.26. The van der Waals surface area contributed by atoms with Crippen molar-refractivity contribution in [1.29, 1.82) is 0 Å². The van der Waals surface area contributed by atoms with Gasteiger partial charge in [-0.25, -0.2) is 0 Å². The minimum absolute atomic E-state index is 0.603. The second-order valence-electron chi connectivity index (χ2n) is 6.15. The van der Waals surface area contributed by atoms with E-state index in [9.17, 15) is 0 Å². The molecule has 2 heterocycles. The van der Waals surface area contributed by atoms with Crippen LogP contribution in [-0.2, 0) is 0 Å². The van der Waals surface area contributed by atoms with E-state index in [1.54, 1.807) is 0 Å². The summed E-state index contributed by atoms with van der Waals surface area (Å²) in [6.07, 6.45) is 10.6. The Kier molecular flexibility index (Phi) is 4.04. The van der Waals surface area contributed by atoms with Gasteiger partial charge in [0.15, 0.2) is 5.11 Å². The maximum Gasteiger partial charge on any atom is 0.166 e. The fourth-order valence-electron chi connectivity index (χ4n) is 3.84. The summed E-state index contributed by atoms with van der Waals surface area (Å²) in [6.45, 7) is 2.58. The van der Waals surface area contributed by atoms with Gasteiger partial charge >= 0.3 is 0 Å². The van der Waals surface area contributed by atoms with E-state index < -0.39 is 0 Å². The van der Waals surface area contributed by atoms with E-state index in [1.807, 2.05) is 0 Å². The van der Waals surface area contributed by atoms with Crippen LogP contribution in [-0.4, -0.2) is 41.2 Å². The predicted molar refractivity (Wildman–Crippen MR) is 78.7 cm³/mol. The highest BCUT2D eigenvalue weighted by Gasteiger charge is 2.31. The first kappa shape index (κ1) is 12.7. The monoisotopic (exact) mass is 267 g/mol. The molecule has 18 heavy (non-hydrogen) atoms. The molecule has 4 heteroatoms. The van der Waals surface area contributed by atoms with Gasteiger partial charge in [-0.3, -0.25) is 0 Å². The number of nitrogens with one attached hydrogen (secondary N) is 2. The van der Waals surface area contributed by atoms with Crippen LogP contribution < -0.4 is 10.6 Å². The van der Waals surface area contributed by atoms with Crippen molar-refractivity contribution in [2.75, 3.05) is 13.1 Å². The Hall–Kier alpha value is -0.350. The van der Waals surface area contributed by atoms with E-state index in [1.165, 1.54) is 64.5 Å². The van der Waals surface area contributed by atoms with Crippen LogP contribution in [0, 0.1) is 0 Å². The molecule has 3 fully saturated rings. The highest BCUT2D eigenvalue weighted by atomic mass is 32.1. The van der Waals surface area contributed by atoms with Crippen LogP contribution in [0.3, 0.4) is 0 Å². The molecule has 0 aromatic carbocycles. The topological polar surface area (TPSA) is 27.3 Å². The van der Waals surface area contributed by atoms with E-state index in [-0.39, 0.29) is 0 Å². The van der Waals surface area contributed by atoms with Gasteiger partial charge in [0.25, 0.3) is 0 Å². The zero-order valence-electron chi connectivity index (χ0n) is 11.2. The van der Waals surface area contributed by atoms with Crippen molar-refractivity contribution in [2.45, 2.75) is 69.5 Å². The lowest BCUT2D eigenvalue weighted by atomic mass is 9.98. The second-order valence-corrected chi connectivity index (χ2v) is 6.56. The molecular formula is C14H25N3S. The van der Waals surface area contributed by atoms with Gasteiger partial charge in [-0.2, -0.15) is 0 Å². The Morgan fingerprint density at radius 2 is 1.67 bits per heavy atom. The van der Waals surface area contributed by atoms with Crippen LogP contribution >= 0.6 is 12.2 Å². The molecule has 2 unspecified atom stereocenters. The summed E-state index contributed by atoms with van der Waals surface area (Å²) < 4.78 is 0. The SMILES string of the molecule is S=C(NC1CCCC1)NC1CCN2CCCC2C1. The molecule has 2 saturated heterocycles. The van der Waals surface area contributed by atoms with Crippen LogP contribution in [0.1, 0.15) is 51.4 Å². The smallest absolute Gasteiger partial charge is 0.166 e. The number of nitrogens with zero attached hydrogens (tertiary/aromatic N) is 1. The maximum absolute atomic E-state index is 5.46. The third-order valence-corrected chi connectivity index (χ3v) is 5.08. The van der Waals surface area contributed by atoms with E-state index in [0.717, 1.165) is 11.2 Å². The Morgan fingerprint density at radius 3 is 2.50 bits per heavy atom. The van der Waals surface area contributed by atoms with E-state index in [0.29, 0.717) is 12.1 Å². The van der Waals surface area contributed by atoms with Crippen molar-refractivity contribution in [1.82, 2.24) is 15.5 Å². The van der Waals surface area contributed by atoms with Crippen molar-refractivity contribution in [3.63, 3.8) is 0 Å². The summed E-state index contributed by atoms with van der Waals surface area (Å²) in [7, 11) is 0. The molecule has 2 atom stereocenters. The largest absolute Gasteiger partial charge is 0.360 e. The van der Waals surface area contributed by atoms with Gasteiger partial charge in [-0.05, 0) is 57.3 Å². The first-order valence-corrected chi connectivity index (χ1v) is 8.03. The number of hydrogen-bond acceptors (Lipinski definition) is 2. The predicted octanol–water partition coefficient (Wildman–Crippen LogP) is 2.02. The zero-order chi connectivity index (χ0) is 12.4. The van der Waals surface area contributed by atoms with E-state index >= 15 is 0 Å². The summed E-state index contributed by atoms with van der Waals surface area (Å²) in [4.78, 5) is 2.66. The van der Waals surface area contributed by atoms with E-state index in [4.69, 9.17) is 12.2 Å². The summed E-state index contributed by atoms with van der Waals surface area (Å²) in [5, 5.41) is 7.95. The van der Waals surface area contributed by atoms with Crippen molar-refractivity contribution >= 4 is 17.3 Å². The van der Waals surface area contributed by atoms with Gasteiger partial charge in [0.05, 0.1) is 0 Å². The van der Waals surface area contributed by atoms with Crippen LogP contribution in [0.4, 0.5) is 0 Å². The summed E-state index contributed by atoms with van der Waals surface area (Å²) in [5.41, 5.74) is 0. The Balaban J connectivity index is 1.43. The molecule has 1 saturated carbocycles. The lowest BCUT2D eigenvalue weighted by molar-refractivity contribution is 0.175. The molecule has 0 radical (unpaired) electrons. The first-order chi connectivity index (χ1) is 8.81. The normalized spacial score (nSPS) is 33.3. The van der Waals surface area contributed by atoms with Crippen LogP contribution in [0.15, 0.2) is 0 Å². The summed E-state index contributed by atoms with van der Waals surface area (Å²) in [6, 6.07) is 2.06. The molecule has 0 bridgehead atoms. The van der Waals surface area contributed by atoms with Gasteiger partial charge in [0.2, 0.25) is 0 Å². The standard InChI is InChI=1S/C14H25N3S/c18-14(15-11-4-1-2-5-11)16-12-7-9-17-8-3-6-13(17)10-12/h11-13H,1-10H2,(H2,15,16,18). The molecule has 2 aliphatic heterocycles. The molecule has 0 amide bonds. The summed E-state index contributed by atoms with van der Waals surface area (Å²) in [5.74, 6) is 0. The van der Waals surface area contributed by atoms with Crippen molar-refractivity contribution in [3.8, 4) is 0 Å². The molecule has 0 spiro atoms. The van der Waals surface area contributed by atoms with Crippen LogP contribution in [0.5, 0.6) is 0 Å². The molecule has 1 aliphatic carbocycles. The third kappa shape index (κ3) is 2.97. The van der Waals surface area contributed by atoms with Crippen LogP contribution in [0.2, 0.25) is 0 Å². The fourth-order valence-corrected chi connectivity index (χ4v) is 4.17. The lowest BCUT2D eigenvalue weighted by Gasteiger charge is -2.35. The van der Waals surface area contributed by atoms with Crippen LogP contribution in [0.25, 0.3) is 0 Å². The molecule has 2 N–H and O–H groups in total. The van der Waals surface area contributed by atoms with Gasteiger partial charge in [0.1, 0.15) is 0 Å². The molecule has 3 rings (SSSR count). The van der Waals surface area contributed by atoms with Crippen molar-refractivity contribution in [3.05, 3.63) is 0 Å². The highest BCUT2D eigenvalue weighted by molar-refractivity contribution is 7.80. The number of hydrogen-bond donors (Lipinski definition) is 2. The quantitative estimate of drug-likeness (QED) is 0.749. The summed E-state index contributed by atoms with van der Waals surface area (Å²) >= 11 is 5.46. The molecule has 3 aliphatic rings. The molecule has 102 valence electrons. The van der Waals surface area contributed by atoms with Gasteiger partial charge in [-0.1, -0.05) is 12.8 Å². The fraction of sp³-hybridized carbons (Fsp3) is 0.929. The average Bonchev–Trinajstić information content (AvgIpc) is 2.98. The molecule has 0 aromatic heterocycles. The Morgan fingerprint density at radius 1 is 0.889 bits per heavy atom. The maximum atomic E-state index is 5.46. The number of thiocarbonyl (C=S) groups is 1. The van der Waals surface area contributed by atoms with Crippen molar-refractivity contribution in [2.24, 2.45) is 0 Å². The van der Waals surface area contributed by atoms with Crippen molar-refractivity contribution < 1.29 is 0 Å². The van der Waals surface area contributed by atoms with Gasteiger partial charge in [-0.15, -0.1) is 0 Å². The van der Waals surface area contributed by atoms with E-state index in [2.05, 4.69) is 15.5 Å². The lowest BCUT2D eigenvalue weighted by Crippen LogP contribution is -2.51. The molecular weight excluding hydrogens is 242 g/mol. The number of rotatable bonds is 2. The minimum atomic E-state index is 0.603. The number of fused-ring (bicyclic) bond motifs is 1. The Labute approximate surface area is 116 Å². The number of piperidine rings is 1. The Bertz CT molecular complexity index is 301. The minimum Gasteiger partial charge on any atom is -0.360 e. The second kappa shape index (κ2) is 5.74.